The van der Waals surface area contributed by atoms with Crippen LogP contribution in [0.25, 0.3) is 0 Å². The molecule has 0 aliphatic rings. The zero-order valence-electron chi connectivity index (χ0n) is 12.1. The quantitative estimate of drug-likeness (QED) is 0.716. The number of aliphatic carboxylic acids is 2. The van der Waals surface area contributed by atoms with Crippen LogP contribution in [0.2, 0.25) is 0 Å². The van der Waals surface area contributed by atoms with Gasteiger partial charge in [-0.15, -0.1) is 0 Å². The Hall–Kier alpha value is -1.10. The van der Waals surface area contributed by atoms with E-state index in [9.17, 15) is 19.8 Å². The fraction of sp³-hybridized carbons (Fsp3) is 0.846. The molecule has 0 rings (SSSR count). The van der Waals surface area contributed by atoms with Crippen LogP contribution >= 0.6 is 0 Å². The summed E-state index contributed by atoms with van der Waals surface area (Å²) in [5.41, 5.74) is 3.16. The summed E-state index contributed by atoms with van der Waals surface area (Å²) >= 11 is 0. The van der Waals surface area contributed by atoms with E-state index >= 15 is 0 Å². The van der Waals surface area contributed by atoms with E-state index in [1.165, 1.54) is 0 Å². The summed E-state index contributed by atoms with van der Waals surface area (Å²) in [5, 5.41) is 18.6. The molecule has 0 saturated carbocycles. The zero-order valence-corrected chi connectivity index (χ0v) is 12.1. The molecule has 106 valence electrons. The second-order valence-corrected chi connectivity index (χ2v) is 6.99. The number of carboxylic acids is 2. The number of carbonyl (C=O) groups is 2. The minimum atomic E-state index is -1.57. The number of carboxylic acid groups (broad SMARTS) is 2. The van der Waals surface area contributed by atoms with Gasteiger partial charge in [-0.05, 0) is 17.3 Å². The smallest absolute Gasteiger partial charge is 0.324 e. The highest BCUT2D eigenvalue weighted by Crippen LogP contribution is 2.39. The van der Waals surface area contributed by atoms with E-state index in [4.69, 9.17) is 5.73 Å². The summed E-state index contributed by atoms with van der Waals surface area (Å²) in [7, 11) is 0. The van der Waals surface area contributed by atoms with Gasteiger partial charge in [-0.1, -0.05) is 41.5 Å². The molecule has 0 bridgehead atoms. The molecule has 1 unspecified atom stereocenters. The first-order valence-corrected chi connectivity index (χ1v) is 5.98. The van der Waals surface area contributed by atoms with Crippen molar-refractivity contribution in [3.63, 3.8) is 0 Å². The highest BCUT2D eigenvalue weighted by Gasteiger charge is 2.50. The highest BCUT2D eigenvalue weighted by atomic mass is 16.4. The minimum Gasteiger partial charge on any atom is -0.481 e. The van der Waals surface area contributed by atoms with Crippen molar-refractivity contribution in [2.24, 2.45) is 22.5 Å². The van der Waals surface area contributed by atoms with Crippen molar-refractivity contribution in [3.8, 4) is 0 Å². The fourth-order valence-electron chi connectivity index (χ4n) is 1.80. The lowest BCUT2D eigenvalue weighted by Crippen LogP contribution is -2.60. The molecule has 0 aliphatic heterocycles. The van der Waals surface area contributed by atoms with Crippen molar-refractivity contribution in [3.05, 3.63) is 0 Å². The van der Waals surface area contributed by atoms with Gasteiger partial charge in [-0.25, -0.2) is 0 Å². The summed E-state index contributed by atoms with van der Waals surface area (Å²) in [6.07, 6.45) is -0.0926. The van der Waals surface area contributed by atoms with Crippen molar-refractivity contribution >= 4 is 11.9 Å². The van der Waals surface area contributed by atoms with Gasteiger partial charge in [0.2, 0.25) is 0 Å². The average molecular weight is 259 g/mol. The van der Waals surface area contributed by atoms with Crippen LogP contribution < -0.4 is 5.73 Å². The van der Waals surface area contributed by atoms with Crippen LogP contribution in [0, 0.1) is 16.7 Å². The molecule has 0 radical (unpaired) electrons. The predicted octanol–water partition coefficient (Wildman–Crippen LogP) is 1.95. The van der Waals surface area contributed by atoms with E-state index in [-0.39, 0.29) is 6.42 Å². The lowest BCUT2D eigenvalue weighted by atomic mass is 9.65. The number of hydrogen-bond donors (Lipinski definition) is 3. The van der Waals surface area contributed by atoms with Crippen molar-refractivity contribution in [1.29, 1.82) is 0 Å². The monoisotopic (exact) mass is 259 g/mol. The predicted molar refractivity (Wildman–Crippen MR) is 69.2 cm³/mol. The third-order valence-corrected chi connectivity index (χ3v) is 3.59. The van der Waals surface area contributed by atoms with Gasteiger partial charge >= 0.3 is 11.9 Å². The number of hydrogen-bond acceptors (Lipinski definition) is 3. The largest absolute Gasteiger partial charge is 0.481 e. The Bertz CT molecular complexity index is 338. The van der Waals surface area contributed by atoms with E-state index in [1.807, 2.05) is 0 Å². The molecule has 0 aromatic carbocycles. The molecule has 0 aliphatic carbocycles. The molecule has 5 heteroatoms. The second-order valence-electron chi connectivity index (χ2n) is 6.99. The second kappa shape index (κ2) is 4.88. The van der Waals surface area contributed by atoms with E-state index in [0.717, 1.165) is 0 Å². The number of nitrogens with two attached hydrogens (primary N) is 1. The van der Waals surface area contributed by atoms with Crippen LogP contribution in [0.15, 0.2) is 0 Å². The van der Waals surface area contributed by atoms with Gasteiger partial charge in [0.15, 0.2) is 0 Å². The first kappa shape index (κ1) is 16.9. The third-order valence-electron chi connectivity index (χ3n) is 3.59. The van der Waals surface area contributed by atoms with Crippen LogP contribution in [-0.2, 0) is 9.59 Å². The normalized spacial score (nSPS) is 17.9. The SMILES string of the molecule is CC(C)(C)C(C[C@@](N)(C(=O)O)C(C)(C)C)C(=O)O. The van der Waals surface area contributed by atoms with Crippen molar-refractivity contribution in [1.82, 2.24) is 0 Å². The Morgan fingerprint density at radius 2 is 1.44 bits per heavy atom. The Labute approximate surface area is 108 Å². The number of rotatable bonds is 4. The highest BCUT2D eigenvalue weighted by molar-refractivity contribution is 5.81. The molecule has 4 N–H and O–H groups in total. The van der Waals surface area contributed by atoms with E-state index in [2.05, 4.69) is 0 Å². The first-order chi connectivity index (χ1) is 7.73. The molecule has 5 nitrogen and oxygen atoms in total. The summed E-state index contributed by atoms with van der Waals surface area (Å²) in [5.74, 6) is -2.98. The molecule has 0 spiro atoms. The summed E-state index contributed by atoms with van der Waals surface area (Å²) in [6.45, 7) is 10.5. The maximum atomic E-state index is 11.4. The van der Waals surface area contributed by atoms with E-state index in [1.54, 1.807) is 41.5 Å². The van der Waals surface area contributed by atoms with Gasteiger partial charge in [0.05, 0.1) is 5.92 Å². The van der Waals surface area contributed by atoms with Gasteiger partial charge in [0, 0.05) is 0 Å². The van der Waals surface area contributed by atoms with Crippen molar-refractivity contribution in [2.45, 2.75) is 53.5 Å². The molecule has 2 atom stereocenters. The van der Waals surface area contributed by atoms with Gasteiger partial charge in [-0.3, -0.25) is 9.59 Å². The van der Waals surface area contributed by atoms with Crippen LogP contribution in [0.1, 0.15) is 48.0 Å². The molecular weight excluding hydrogens is 234 g/mol. The van der Waals surface area contributed by atoms with Crippen LogP contribution in [0.3, 0.4) is 0 Å². The molecule has 0 aromatic rings. The fourth-order valence-corrected chi connectivity index (χ4v) is 1.80. The van der Waals surface area contributed by atoms with Crippen LogP contribution in [0.4, 0.5) is 0 Å². The lowest BCUT2D eigenvalue weighted by Gasteiger charge is -2.41. The Morgan fingerprint density at radius 1 is 1.06 bits per heavy atom. The van der Waals surface area contributed by atoms with Gasteiger partial charge in [0.1, 0.15) is 5.54 Å². The summed E-state index contributed by atoms with van der Waals surface area (Å²) in [4.78, 5) is 22.8. The van der Waals surface area contributed by atoms with Gasteiger partial charge < -0.3 is 15.9 Å². The van der Waals surface area contributed by atoms with Crippen LogP contribution in [0.5, 0.6) is 0 Å². The molecule has 0 amide bonds. The first-order valence-electron chi connectivity index (χ1n) is 5.98. The van der Waals surface area contributed by atoms with Gasteiger partial charge in [0.25, 0.3) is 0 Å². The van der Waals surface area contributed by atoms with Crippen molar-refractivity contribution in [2.75, 3.05) is 0 Å². The minimum absolute atomic E-state index is 0.0926. The Balaban J connectivity index is 5.47. The summed E-state index contributed by atoms with van der Waals surface area (Å²) < 4.78 is 0. The molecule has 0 aromatic heterocycles. The molecule has 0 saturated heterocycles. The van der Waals surface area contributed by atoms with E-state index in [0.29, 0.717) is 0 Å². The molecule has 18 heavy (non-hydrogen) atoms. The van der Waals surface area contributed by atoms with Crippen molar-refractivity contribution < 1.29 is 19.8 Å². The standard InChI is InChI=1S/C13H25NO4/c1-11(2,3)8(9(15)16)7-13(14,10(17)18)12(4,5)6/h8H,7,14H2,1-6H3,(H,15,16)(H,17,18)/t8?,13-/m1/s1. The molecule has 0 heterocycles. The zero-order chi connectivity index (χ0) is 14.9. The lowest BCUT2D eigenvalue weighted by molar-refractivity contribution is -0.153. The maximum absolute atomic E-state index is 11.4. The molecule has 0 fully saturated rings. The Kier molecular flexibility index (Phi) is 4.58. The maximum Gasteiger partial charge on any atom is 0.324 e. The summed E-state index contributed by atoms with van der Waals surface area (Å²) in [6, 6.07) is 0. The Morgan fingerprint density at radius 3 is 1.61 bits per heavy atom. The molecular formula is C13H25NO4. The van der Waals surface area contributed by atoms with Gasteiger partial charge in [-0.2, -0.15) is 0 Å². The van der Waals surface area contributed by atoms with E-state index < -0.39 is 34.2 Å². The van der Waals surface area contributed by atoms with Crippen LogP contribution in [-0.4, -0.2) is 27.7 Å². The average Bonchev–Trinajstić information content (AvgIpc) is 2.08. The third kappa shape index (κ3) is 3.45. The topological polar surface area (TPSA) is 101 Å².